The quantitative estimate of drug-likeness (QED) is 0.272. The third kappa shape index (κ3) is 10.2. The van der Waals surface area contributed by atoms with Gasteiger partial charge in [-0.25, -0.2) is 0 Å². The summed E-state index contributed by atoms with van der Waals surface area (Å²) in [6, 6.07) is 0. The van der Waals surface area contributed by atoms with Crippen LogP contribution in [0.4, 0.5) is 0 Å². The topological polar surface area (TPSA) is 115 Å². The Balaban J connectivity index is 3.27. The smallest absolute Gasteiger partial charge is 0.303 e. The number of carbonyl (C=O) groups is 2. The molecule has 0 saturated carbocycles. The molecule has 0 aromatic rings. The molecule has 0 aliphatic heterocycles. The SMILES string of the molecule is [N-]=[N+]=NCC(=O)NCCCCCC(=O)O. The average Bonchev–Trinajstić information content (AvgIpc) is 2.19. The lowest BCUT2D eigenvalue weighted by Crippen LogP contribution is -2.26. The number of carbonyl (C=O) groups excluding carboxylic acids is 1. The number of nitrogens with zero attached hydrogens (tertiary/aromatic N) is 3. The zero-order valence-electron chi connectivity index (χ0n) is 8.35. The van der Waals surface area contributed by atoms with Crippen molar-refractivity contribution in [3.05, 3.63) is 10.4 Å². The van der Waals surface area contributed by atoms with Crippen LogP contribution >= 0.6 is 0 Å². The largest absolute Gasteiger partial charge is 0.481 e. The summed E-state index contributed by atoms with van der Waals surface area (Å²) in [6.45, 7) is 0.297. The summed E-state index contributed by atoms with van der Waals surface area (Å²) < 4.78 is 0. The van der Waals surface area contributed by atoms with E-state index in [-0.39, 0.29) is 18.9 Å². The first-order chi connectivity index (χ1) is 7.16. The molecule has 0 unspecified atom stereocenters. The highest BCUT2D eigenvalue weighted by atomic mass is 16.4. The predicted molar refractivity (Wildman–Crippen MR) is 53.1 cm³/mol. The van der Waals surface area contributed by atoms with Crippen LogP contribution in [0.1, 0.15) is 25.7 Å². The molecule has 7 nitrogen and oxygen atoms in total. The van der Waals surface area contributed by atoms with Crippen LogP contribution in [0.15, 0.2) is 5.11 Å². The number of amides is 1. The fourth-order valence-corrected chi connectivity index (χ4v) is 0.958. The van der Waals surface area contributed by atoms with Gasteiger partial charge in [-0.1, -0.05) is 11.5 Å². The Bertz CT molecular complexity index is 261. The number of nitrogens with one attached hydrogen (secondary N) is 1. The van der Waals surface area contributed by atoms with Crippen LogP contribution in [-0.4, -0.2) is 30.1 Å². The minimum absolute atomic E-state index is 0.159. The summed E-state index contributed by atoms with van der Waals surface area (Å²) >= 11 is 0. The fourth-order valence-electron chi connectivity index (χ4n) is 0.958. The standard InChI is InChI=1S/C8H14N4O3/c9-12-11-6-7(13)10-5-3-1-2-4-8(14)15/h1-6H2,(H,10,13)(H,14,15). The second-order valence-corrected chi connectivity index (χ2v) is 2.94. The second kappa shape index (κ2) is 8.83. The molecule has 7 heteroatoms. The summed E-state index contributed by atoms with van der Waals surface area (Å²) in [4.78, 5) is 23.5. The number of aliphatic carboxylic acids is 1. The van der Waals surface area contributed by atoms with Crippen molar-refractivity contribution in [2.24, 2.45) is 5.11 Å². The Hall–Kier alpha value is -1.75. The zero-order valence-corrected chi connectivity index (χ0v) is 8.35. The van der Waals surface area contributed by atoms with Crippen molar-refractivity contribution in [2.75, 3.05) is 13.1 Å². The van der Waals surface area contributed by atoms with Crippen LogP contribution in [0.5, 0.6) is 0 Å². The Morgan fingerprint density at radius 3 is 2.67 bits per heavy atom. The molecule has 0 fully saturated rings. The molecule has 15 heavy (non-hydrogen) atoms. The summed E-state index contributed by atoms with van der Waals surface area (Å²) in [5.74, 6) is -1.12. The molecule has 1 amide bonds. The first kappa shape index (κ1) is 13.2. The molecule has 0 aliphatic rings. The van der Waals surface area contributed by atoms with Crippen LogP contribution < -0.4 is 5.32 Å². The first-order valence-electron chi connectivity index (χ1n) is 4.66. The number of carboxylic acids is 1. The molecule has 0 atom stereocenters. The van der Waals surface area contributed by atoms with E-state index in [0.29, 0.717) is 13.0 Å². The summed E-state index contributed by atoms with van der Waals surface area (Å²) in [5.41, 5.74) is 7.93. The minimum Gasteiger partial charge on any atom is -0.481 e. The highest BCUT2D eigenvalue weighted by Gasteiger charge is 1.98. The van der Waals surface area contributed by atoms with Gasteiger partial charge < -0.3 is 10.4 Å². The van der Waals surface area contributed by atoms with E-state index < -0.39 is 5.97 Å². The van der Waals surface area contributed by atoms with E-state index in [1.165, 1.54) is 0 Å². The molecule has 0 saturated heterocycles. The van der Waals surface area contributed by atoms with Crippen LogP contribution in [0.2, 0.25) is 0 Å². The van der Waals surface area contributed by atoms with Crippen molar-refractivity contribution in [1.82, 2.24) is 5.32 Å². The van der Waals surface area contributed by atoms with Crippen LogP contribution in [0.3, 0.4) is 0 Å². The molecule has 0 heterocycles. The number of hydrogen-bond acceptors (Lipinski definition) is 3. The van der Waals surface area contributed by atoms with Gasteiger partial charge in [-0.05, 0) is 18.4 Å². The fraction of sp³-hybridized carbons (Fsp3) is 0.750. The highest BCUT2D eigenvalue weighted by Crippen LogP contribution is 1.98. The van der Waals surface area contributed by atoms with Crippen LogP contribution in [-0.2, 0) is 9.59 Å². The van der Waals surface area contributed by atoms with Gasteiger partial charge in [-0.2, -0.15) is 0 Å². The molecule has 0 spiro atoms. The van der Waals surface area contributed by atoms with Gasteiger partial charge in [0.15, 0.2) is 0 Å². The predicted octanol–water partition coefficient (Wildman–Crippen LogP) is 1.06. The van der Waals surface area contributed by atoms with E-state index in [2.05, 4.69) is 15.3 Å². The number of unbranched alkanes of at least 4 members (excludes halogenated alkanes) is 2. The van der Waals surface area contributed by atoms with E-state index in [4.69, 9.17) is 10.6 Å². The number of rotatable bonds is 8. The molecular formula is C8H14N4O3. The van der Waals surface area contributed by atoms with Crippen LogP contribution in [0, 0.1) is 0 Å². The van der Waals surface area contributed by atoms with Crippen molar-refractivity contribution >= 4 is 11.9 Å². The van der Waals surface area contributed by atoms with E-state index in [0.717, 1.165) is 12.8 Å². The molecule has 0 aliphatic carbocycles. The van der Waals surface area contributed by atoms with Gasteiger partial charge >= 0.3 is 5.97 Å². The average molecular weight is 214 g/mol. The molecular weight excluding hydrogens is 200 g/mol. The van der Waals surface area contributed by atoms with Gasteiger partial charge in [0, 0.05) is 17.9 Å². The third-order valence-electron chi connectivity index (χ3n) is 1.67. The summed E-state index contributed by atoms with van der Waals surface area (Å²) in [5, 5.41) is 14.0. The molecule has 0 aromatic heterocycles. The van der Waals surface area contributed by atoms with E-state index >= 15 is 0 Å². The van der Waals surface area contributed by atoms with Crippen molar-refractivity contribution in [1.29, 1.82) is 0 Å². The number of carboxylic acid groups (broad SMARTS) is 1. The van der Waals surface area contributed by atoms with Crippen molar-refractivity contribution < 1.29 is 14.7 Å². The van der Waals surface area contributed by atoms with Crippen molar-refractivity contribution in [2.45, 2.75) is 25.7 Å². The number of azide groups is 1. The Morgan fingerprint density at radius 1 is 1.33 bits per heavy atom. The van der Waals surface area contributed by atoms with Crippen LogP contribution in [0.25, 0.3) is 10.4 Å². The number of hydrogen-bond donors (Lipinski definition) is 2. The van der Waals surface area contributed by atoms with Gasteiger partial charge in [0.05, 0.1) is 0 Å². The minimum atomic E-state index is -0.803. The monoisotopic (exact) mass is 214 g/mol. The van der Waals surface area contributed by atoms with Gasteiger partial charge in [0.25, 0.3) is 0 Å². The lowest BCUT2D eigenvalue weighted by Gasteiger charge is -2.01. The highest BCUT2D eigenvalue weighted by molar-refractivity contribution is 5.78. The Morgan fingerprint density at radius 2 is 2.07 bits per heavy atom. The van der Waals surface area contributed by atoms with Gasteiger partial charge in [0.1, 0.15) is 6.54 Å². The molecule has 84 valence electrons. The van der Waals surface area contributed by atoms with Crippen molar-refractivity contribution in [3.63, 3.8) is 0 Å². The van der Waals surface area contributed by atoms with Gasteiger partial charge in [0.2, 0.25) is 5.91 Å². The molecule has 2 N–H and O–H groups in total. The van der Waals surface area contributed by atoms with E-state index in [1.54, 1.807) is 0 Å². The molecule has 0 bridgehead atoms. The molecule has 0 radical (unpaired) electrons. The maximum absolute atomic E-state index is 10.9. The summed E-state index contributed by atoms with van der Waals surface area (Å²) in [6.07, 6.45) is 2.26. The van der Waals surface area contributed by atoms with E-state index in [1.807, 2.05) is 0 Å². The molecule has 0 rings (SSSR count). The third-order valence-corrected chi connectivity index (χ3v) is 1.67. The Labute approximate surface area is 87.1 Å². The second-order valence-electron chi connectivity index (χ2n) is 2.94. The maximum atomic E-state index is 10.9. The zero-order chi connectivity index (χ0) is 11.5. The normalized spacial score (nSPS) is 9.07. The lowest BCUT2D eigenvalue weighted by molar-refractivity contribution is -0.137. The van der Waals surface area contributed by atoms with E-state index in [9.17, 15) is 9.59 Å². The van der Waals surface area contributed by atoms with Gasteiger partial charge in [-0.15, -0.1) is 0 Å². The Kier molecular flexibility index (Phi) is 7.80. The first-order valence-corrected chi connectivity index (χ1v) is 4.66. The van der Waals surface area contributed by atoms with Crippen molar-refractivity contribution in [3.8, 4) is 0 Å². The maximum Gasteiger partial charge on any atom is 0.303 e. The lowest BCUT2D eigenvalue weighted by atomic mass is 10.2. The summed E-state index contributed by atoms with van der Waals surface area (Å²) in [7, 11) is 0. The molecule has 0 aromatic carbocycles. The van der Waals surface area contributed by atoms with Gasteiger partial charge in [-0.3, -0.25) is 9.59 Å².